The Morgan fingerprint density at radius 2 is 1.91 bits per heavy atom. The third kappa shape index (κ3) is 5.43. The van der Waals surface area contributed by atoms with E-state index in [-0.39, 0.29) is 0 Å². The largest absolute Gasteiger partial charge is 0.498 e. The van der Waals surface area contributed by atoms with Gasteiger partial charge in [0.1, 0.15) is 0 Å². The molecule has 2 rings (SSSR count). The van der Waals surface area contributed by atoms with E-state index in [2.05, 4.69) is 38.1 Å². The van der Waals surface area contributed by atoms with Crippen LogP contribution in [0.1, 0.15) is 75.8 Å². The number of hydrogen-bond acceptors (Lipinski definition) is 2. The highest BCUT2D eigenvalue weighted by atomic mass is 16.5. The average molecular weight is 311 g/mol. The van der Waals surface area contributed by atoms with Gasteiger partial charge in [-0.05, 0) is 81.1 Å². The molecule has 0 spiro atoms. The summed E-state index contributed by atoms with van der Waals surface area (Å²) in [7, 11) is 0. The molecular weight excluding hydrogens is 282 g/mol. The molecule has 1 unspecified atom stereocenters. The number of hydrogen-bond donors (Lipinski definition) is 0. The molecule has 0 heterocycles. The molecule has 124 valence electrons. The second-order valence-corrected chi connectivity index (χ2v) is 6.70. The third-order valence-electron chi connectivity index (χ3n) is 5.06. The van der Waals surface area contributed by atoms with E-state index < -0.39 is 0 Å². The SMILES string of the molecule is CCCC/C=C/OC(C)C1CCC(c2ccc(C#N)cc2)CC1. The van der Waals surface area contributed by atoms with Crippen molar-refractivity contribution in [2.75, 3.05) is 0 Å². The molecule has 1 aliphatic carbocycles. The van der Waals surface area contributed by atoms with Gasteiger partial charge in [-0.3, -0.25) is 0 Å². The zero-order valence-corrected chi connectivity index (χ0v) is 14.5. The molecule has 1 saturated carbocycles. The van der Waals surface area contributed by atoms with Crippen LogP contribution < -0.4 is 0 Å². The summed E-state index contributed by atoms with van der Waals surface area (Å²) < 4.78 is 5.88. The van der Waals surface area contributed by atoms with Gasteiger partial charge in [0.2, 0.25) is 0 Å². The summed E-state index contributed by atoms with van der Waals surface area (Å²) in [6, 6.07) is 10.3. The second-order valence-electron chi connectivity index (χ2n) is 6.70. The van der Waals surface area contributed by atoms with Gasteiger partial charge in [-0.25, -0.2) is 0 Å². The maximum absolute atomic E-state index is 8.88. The van der Waals surface area contributed by atoms with Crippen LogP contribution in [0.25, 0.3) is 0 Å². The smallest absolute Gasteiger partial charge is 0.0991 e. The molecule has 2 nitrogen and oxygen atoms in total. The molecule has 0 amide bonds. The Balaban J connectivity index is 1.76. The van der Waals surface area contributed by atoms with Crippen LogP contribution in [-0.2, 0) is 4.74 Å². The molecule has 1 aromatic rings. The Hall–Kier alpha value is -1.75. The van der Waals surface area contributed by atoms with Crippen LogP contribution in [0.5, 0.6) is 0 Å². The summed E-state index contributed by atoms with van der Waals surface area (Å²) in [4.78, 5) is 0. The van der Waals surface area contributed by atoms with Gasteiger partial charge < -0.3 is 4.74 Å². The van der Waals surface area contributed by atoms with Gasteiger partial charge >= 0.3 is 0 Å². The van der Waals surface area contributed by atoms with Crippen LogP contribution in [0.4, 0.5) is 0 Å². The number of allylic oxidation sites excluding steroid dienone is 1. The lowest BCUT2D eigenvalue weighted by Crippen LogP contribution is -2.24. The quantitative estimate of drug-likeness (QED) is 0.461. The first-order valence-electron chi connectivity index (χ1n) is 9.05. The Morgan fingerprint density at radius 3 is 2.52 bits per heavy atom. The fourth-order valence-electron chi connectivity index (χ4n) is 3.43. The topological polar surface area (TPSA) is 33.0 Å². The van der Waals surface area contributed by atoms with Crippen molar-refractivity contribution in [3.05, 3.63) is 47.7 Å². The van der Waals surface area contributed by atoms with E-state index >= 15 is 0 Å². The fourth-order valence-corrected chi connectivity index (χ4v) is 3.43. The summed E-state index contributed by atoms with van der Waals surface area (Å²) >= 11 is 0. The summed E-state index contributed by atoms with van der Waals surface area (Å²) in [6.07, 6.45) is 12.9. The first-order valence-corrected chi connectivity index (χ1v) is 9.05. The Bertz CT molecular complexity index is 518. The van der Waals surface area contributed by atoms with Crippen LogP contribution in [0.3, 0.4) is 0 Å². The highest BCUT2D eigenvalue weighted by Crippen LogP contribution is 2.37. The highest BCUT2D eigenvalue weighted by molar-refractivity contribution is 5.33. The van der Waals surface area contributed by atoms with Crippen LogP contribution >= 0.6 is 0 Å². The molecule has 1 aliphatic rings. The van der Waals surface area contributed by atoms with E-state index in [4.69, 9.17) is 10.00 Å². The molecule has 2 heteroatoms. The minimum Gasteiger partial charge on any atom is -0.498 e. The number of rotatable bonds is 7. The van der Waals surface area contributed by atoms with E-state index in [9.17, 15) is 0 Å². The van der Waals surface area contributed by atoms with Gasteiger partial charge in [0.05, 0.1) is 24.0 Å². The van der Waals surface area contributed by atoms with Gasteiger partial charge in [0, 0.05) is 0 Å². The Kier molecular flexibility index (Phi) is 7.20. The molecular formula is C21H29NO. The van der Waals surface area contributed by atoms with E-state index in [1.165, 1.54) is 44.1 Å². The summed E-state index contributed by atoms with van der Waals surface area (Å²) in [5.74, 6) is 1.31. The van der Waals surface area contributed by atoms with Crippen molar-refractivity contribution in [2.45, 2.75) is 70.8 Å². The first kappa shape index (κ1) is 17.6. The molecule has 0 aliphatic heterocycles. The molecule has 1 aromatic carbocycles. The van der Waals surface area contributed by atoms with Gasteiger partial charge in [-0.2, -0.15) is 5.26 Å². The minimum atomic E-state index is 0.315. The molecule has 0 bridgehead atoms. The van der Waals surface area contributed by atoms with Gasteiger partial charge in [0.25, 0.3) is 0 Å². The van der Waals surface area contributed by atoms with Gasteiger partial charge in [-0.1, -0.05) is 25.5 Å². The predicted octanol–water partition coefficient (Wildman–Crippen LogP) is 5.94. The van der Waals surface area contributed by atoms with Gasteiger partial charge in [0.15, 0.2) is 0 Å². The Labute approximate surface area is 141 Å². The number of benzene rings is 1. The lowest BCUT2D eigenvalue weighted by molar-refractivity contribution is 0.0775. The van der Waals surface area contributed by atoms with Crippen molar-refractivity contribution < 1.29 is 4.74 Å². The average Bonchev–Trinajstić information content (AvgIpc) is 2.61. The molecule has 0 N–H and O–H groups in total. The van der Waals surface area contributed by atoms with Crippen LogP contribution in [0, 0.1) is 17.2 Å². The van der Waals surface area contributed by atoms with E-state index in [1.54, 1.807) is 0 Å². The van der Waals surface area contributed by atoms with Crippen molar-refractivity contribution in [1.82, 2.24) is 0 Å². The monoisotopic (exact) mass is 311 g/mol. The Morgan fingerprint density at radius 1 is 1.22 bits per heavy atom. The summed E-state index contributed by atoms with van der Waals surface area (Å²) in [5, 5.41) is 8.88. The van der Waals surface area contributed by atoms with E-state index in [0.29, 0.717) is 17.9 Å². The van der Waals surface area contributed by atoms with Crippen molar-refractivity contribution in [3.8, 4) is 6.07 Å². The van der Waals surface area contributed by atoms with Crippen LogP contribution in [0.2, 0.25) is 0 Å². The molecule has 0 radical (unpaired) electrons. The fraction of sp³-hybridized carbons (Fsp3) is 0.571. The molecule has 1 fully saturated rings. The third-order valence-corrected chi connectivity index (χ3v) is 5.06. The van der Waals surface area contributed by atoms with Crippen molar-refractivity contribution in [1.29, 1.82) is 5.26 Å². The van der Waals surface area contributed by atoms with Crippen molar-refractivity contribution >= 4 is 0 Å². The lowest BCUT2D eigenvalue weighted by atomic mass is 9.77. The molecule has 0 aromatic heterocycles. The maximum atomic E-state index is 8.88. The minimum absolute atomic E-state index is 0.315. The second kappa shape index (κ2) is 9.40. The van der Waals surface area contributed by atoms with Crippen molar-refractivity contribution in [2.24, 2.45) is 5.92 Å². The zero-order valence-electron chi connectivity index (χ0n) is 14.5. The lowest BCUT2D eigenvalue weighted by Gasteiger charge is -2.32. The maximum Gasteiger partial charge on any atom is 0.0991 e. The number of unbranched alkanes of at least 4 members (excludes halogenated alkanes) is 2. The molecule has 0 saturated heterocycles. The first-order chi connectivity index (χ1) is 11.2. The number of ether oxygens (including phenoxy) is 1. The van der Waals surface area contributed by atoms with Gasteiger partial charge in [-0.15, -0.1) is 0 Å². The van der Waals surface area contributed by atoms with E-state index in [0.717, 1.165) is 12.0 Å². The standard InChI is InChI=1S/C21H29NO/c1-3-4-5-6-15-23-17(2)19-11-13-21(14-12-19)20-9-7-18(16-22)8-10-20/h6-10,15,17,19,21H,3-5,11-14H2,1-2H3/b15-6+. The zero-order chi connectivity index (χ0) is 16.5. The molecule has 1 atom stereocenters. The molecule has 23 heavy (non-hydrogen) atoms. The highest BCUT2D eigenvalue weighted by Gasteiger charge is 2.26. The summed E-state index contributed by atoms with van der Waals surface area (Å²) in [5.41, 5.74) is 2.13. The van der Waals surface area contributed by atoms with Crippen LogP contribution in [-0.4, -0.2) is 6.10 Å². The van der Waals surface area contributed by atoms with E-state index in [1.807, 2.05) is 18.4 Å². The van der Waals surface area contributed by atoms with Crippen molar-refractivity contribution in [3.63, 3.8) is 0 Å². The predicted molar refractivity (Wildman–Crippen MR) is 95.1 cm³/mol. The summed E-state index contributed by atoms with van der Waals surface area (Å²) in [6.45, 7) is 4.42. The van der Waals surface area contributed by atoms with Crippen LogP contribution in [0.15, 0.2) is 36.6 Å². The number of nitrogens with zero attached hydrogens (tertiary/aromatic N) is 1. The number of nitriles is 1. The normalized spacial score (nSPS) is 22.7.